The highest BCUT2D eigenvalue weighted by Crippen LogP contribution is 2.04. The van der Waals surface area contributed by atoms with E-state index < -0.39 is 0 Å². The number of rotatable bonds is 5. The summed E-state index contributed by atoms with van der Waals surface area (Å²) in [6.07, 6.45) is 0.444. The predicted molar refractivity (Wildman–Crippen MR) is 51.3 cm³/mol. The molecule has 0 aliphatic rings. The monoisotopic (exact) mass is 179 g/mol. The number of nitrogens with one attached hydrogen (secondary N) is 1. The van der Waals surface area contributed by atoms with Crippen molar-refractivity contribution in [3.63, 3.8) is 0 Å². The second-order valence-electron chi connectivity index (χ2n) is 2.77. The summed E-state index contributed by atoms with van der Waals surface area (Å²) >= 11 is 0. The minimum absolute atomic E-state index is 0.134. The highest BCUT2D eigenvalue weighted by atomic mass is 16.6. The van der Waals surface area contributed by atoms with Crippen molar-refractivity contribution < 1.29 is 9.63 Å². The van der Waals surface area contributed by atoms with Gasteiger partial charge in [0.2, 0.25) is 0 Å². The molecule has 0 fully saturated rings. The van der Waals surface area contributed by atoms with Crippen LogP contribution in [0.3, 0.4) is 0 Å². The van der Waals surface area contributed by atoms with Crippen molar-refractivity contribution in [3.05, 3.63) is 30.3 Å². The lowest BCUT2D eigenvalue weighted by atomic mass is 10.3. The van der Waals surface area contributed by atoms with Gasteiger partial charge in [-0.15, -0.1) is 0 Å². The highest BCUT2D eigenvalue weighted by Gasteiger charge is 1.93. The largest absolute Gasteiger partial charge is 0.300 e. The summed E-state index contributed by atoms with van der Waals surface area (Å²) in [5, 5.41) is 0. The number of benzene rings is 1. The number of para-hydroxylation sites is 1. The van der Waals surface area contributed by atoms with E-state index in [0.717, 1.165) is 5.69 Å². The van der Waals surface area contributed by atoms with Crippen molar-refractivity contribution in [2.75, 3.05) is 12.1 Å². The molecule has 0 saturated carbocycles. The molecule has 0 aliphatic carbocycles. The number of Topliss-reactive ketones (excluding diaryl/α,β-unsaturated/α-hetero) is 1. The first kappa shape index (κ1) is 9.74. The number of carbonyl (C=O) groups excluding carboxylic acids is 1. The lowest BCUT2D eigenvalue weighted by Gasteiger charge is -2.04. The standard InChI is InChI=1S/C10H13NO2/c1-9(12)7-8-13-11-10-5-3-2-4-6-10/h2-6,11H,7-8H2,1H3. The third-order valence-electron chi connectivity index (χ3n) is 1.52. The summed E-state index contributed by atoms with van der Waals surface area (Å²) in [5.41, 5.74) is 3.64. The Morgan fingerprint density at radius 2 is 2.08 bits per heavy atom. The molecule has 0 saturated heterocycles. The minimum atomic E-state index is 0.134. The lowest BCUT2D eigenvalue weighted by molar-refractivity contribution is -0.117. The molecule has 1 N–H and O–H groups in total. The summed E-state index contributed by atoms with van der Waals surface area (Å²) in [6.45, 7) is 1.95. The van der Waals surface area contributed by atoms with E-state index in [0.29, 0.717) is 13.0 Å². The Morgan fingerprint density at radius 3 is 2.69 bits per heavy atom. The van der Waals surface area contributed by atoms with E-state index in [1.165, 1.54) is 0 Å². The highest BCUT2D eigenvalue weighted by molar-refractivity contribution is 5.75. The Labute approximate surface area is 77.7 Å². The maximum Gasteiger partial charge on any atom is 0.132 e. The molecule has 0 spiro atoms. The Bertz CT molecular complexity index is 259. The zero-order chi connectivity index (χ0) is 9.52. The SMILES string of the molecule is CC(=O)CCONc1ccccc1. The van der Waals surface area contributed by atoms with Crippen LogP contribution >= 0.6 is 0 Å². The fraction of sp³-hybridized carbons (Fsp3) is 0.300. The van der Waals surface area contributed by atoms with E-state index in [9.17, 15) is 4.79 Å². The Morgan fingerprint density at radius 1 is 1.38 bits per heavy atom. The van der Waals surface area contributed by atoms with Crippen LogP contribution in [0.15, 0.2) is 30.3 Å². The first-order valence-corrected chi connectivity index (χ1v) is 4.21. The van der Waals surface area contributed by atoms with E-state index in [-0.39, 0.29) is 5.78 Å². The van der Waals surface area contributed by atoms with Gasteiger partial charge in [0.05, 0.1) is 12.3 Å². The van der Waals surface area contributed by atoms with Crippen LogP contribution in [0.4, 0.5) is 5.69 Å². The molecule has 0 aromatic heterocycles. The van der Waals surface area contributed by atoms with Crippen LogP contribution in [-0.4, -0.2) is 12.4 Å². The van der Waals surface area contributed by atoms with E-state index in [1.807, 2.05) is 30.3 Å². The Kier molecular flexibility index (Phi) is 3.99. The summed E-state index contributed by atoms with van der Waals surface area (Å²) in [4.78, 5) is 15.6. The van der Waals surface area contributed by atoms with Crippen molar-refractivity contribution in [1.82, 2.24) is 0 Å². The van der Waals surface area contributed by atoms with Gasteiger partial charge in [-0.3, -0.25) is 15.1 Å². The van der Waals surface area contributed by atoms with Crippen molar-refractivity contribution in [2.24, 2.45) is 0 Å². The van der Waals surface area contributed by atoms with E-state index in [4.69, 9.17) is 4.84 Å². The molecule has 3 nitrogen and oxygen atoms in total. The van der Waals surface area contributed by atoms with Gasteiger partial charge >= 0.3 is 0 Å². The van der Waals surface area contributed by atoms with E-state index >= 15 is 0 Å². The van der Waals surface area contributed by atoms with E-state index in [1.54, 1.807) is 6.92 Å². The van der Waals surface area contributed by atoms with Crippen LogP contribution in [0.5, 0.6) is 0 Å². The fourth-order valence-electron chi connectivity index (χ4n) is 0.835. The minimum Gasteiger partial charge on any atom is -0.300 e. The number of hydrogen-bond acceptors (Lipinski definition) is 3. The Balaban J connectivity index is 2.17. The van der Waals surface area contributed by atoms with Crippen LogP contribution in [-0.2, 0) is 9.63 Å². The summed E-state index contributed by atoms with van der Waals surface area (Å²) in [6, 6.07) is 9.55. The summed E-state index contributed by atoms with van der Waals surface area (Å²) in [7, 11) is 0. The Hall–Kier alpha value is -1.35. The fourth-order valence-corrected chi connectivity index (χ4v) is 0.835. The third kappa shape index (κ3) is 4.28. The number of hydrogen-bond donors (Lipinski definition) is 1. The number of carbonyl (C=O) groups is 1. The molecule has 0 radical (unpaired) electrons. The number of ketones is 1. The average molecular weight is 179 g/mol. The topological polar surface area (TPSA) is 38.3 Å². The normalized spacial score (nSPS) is 9.62. The molecule has 1 aromatic carbocycles. The average Bonchev–Trinajstić information content (AvgIpc) is 2.14. The van der Waals surface area contributed by atoms with Crippen molar-refractivity contribution in [2.45, 2.75) is 13.3 Å². The first-order valence-electron chi connectivity index (χ1n) is 4.21. The molecule has 0 bridgehead atoms. The van der Waals surface area contributed by atoms with Gasteiger partial charge in [-0.05, 0) is 19.1 Å². The molecule has 0 aliphatic heterocycles. The van der Waals surface area contributed by atoms with Gasteiger partial charge < -0.3 is 0 Å². The third-order valence-corrected chi connectivity index (χ3v) is 1.52. The quantitative estimate of drug-likeness (QED) is 0.555. The van der Waals surface area contributed by atoms with Crippen LogP contribution in [0.1, 0.15) is 13.3 Å². The van der Waals surface area contributed by atoms with Gasteiger partial charge in [-0.1, -0.05) is 18.2 Å². The van der Waals surface area contributed by atoms with Crippen LogP contribution in [0.25, 0.3) is 0 Å². The molecule has 13 heavy (non-hydrogen) atoms. The van der Waals surface area contributed by atoms with Crippen LogP contribution in [0.2, 0.25) is 0 Å². The smallest absolute Gasteiger partial charge is 0.132 e. The maximum atomic E-state index is 10.5. The zero-order valence-electron chi connectivity index (χ0n) is 7.62. The van der Waals surface area contributed by atoms with Crippen LogP contribution < -0.4 is 5.48 Å². The maximum absolute atomic E-state index is 10.5. The van der Waals surface area contributed by atoms with Crippen molar-refractivity contribution in [3.8, 4) is 0 Å². The molecule has 3 heteroatoms. The van der Waals surface area contributed by atoms with Gasteiger partial charge in [0.15, 0.2) is 0 Å². The molecular weight excluding hydrogens is 166 g/mol. The van der Waals surface area contributed by atoms with Gasteiger partial charge in [-0.2, -0.15) is 0 Å². The summed E-state index contributed by atoms with van der Waals surface area (Å²) in [5.74, 6) is 0.134. The number of anilines is 1. The second-order valence-corrected chi connectivity index (χ2v) is 2.77. The molecule has 70 valence electrons. The first-order chi connectivity index (χ1) is 6.29. The summed E-state index contributed by atoms with van der Waals surface area (Å²) < 4.78 is 0. The van der Waals surface area contributed by atoms with E-state index in [2.05, 4.69) is 5.48 Å². The molecular formula is C10H13NO2. The van der Waals surface area contributed by atoms with Crippen molar-refractivity contribution >= 4 is 11.5 Å². The van der Waals surface area contributed by atoms with Gasteiger partial charge in [-0.25, -0.2) is 0 Å². The second kappa shape index (κ2) is 5.32. The van der Waals surface area contributed by atoms with Gasteiger partial charge in [0, 0.05) is 6.42 Å². The molecule has 0 atom stereocenters. The lowest BCUT2D eigenvalue weighted by Crippen LogP contribution is -2.05. The molecule has 0 unspecified atom stereocenters. The molecule has 1 rings (SSSR count). The molecule has 1 aromatic rings. The molecule has 0 amide bonds. The van der Waals surface area contributed by atoms with Crippen molar-refractivity contribution in [1.29, 1.82) is 0 Å². The van der Waals surface area contributed by atoms with Gasteiger partial charge in [0.25, 0.3) is 0 Å². The van der Waals surface area contributed by atoms with Crippen LogP contribution in [0, 0.1) is 0 Å². The van der Waals surface area contributed by atoms with Gasteiger partial charge in [0.1, 0.15) is 5.78 Å². The molecule has 0 heterocycles. The predicted octanol–water partition coefficient (Wildman–Crippen LogP) is 2.01. The zero-order valence-corrected chi connectivity index (χ0v) is 7.62.